The molecule has 3 aromatic carbocycles. The average molecular weight is 413 g/mol. The second-order valence-corrected chi connectivity index (χ2v) is 8.18. The second kappa shape index (κ2) is 9.53. The Bertz CT molecular complexity index is 1070. The van der Waals surface area contributed by atoms with Crippen molar-refractivity contribution in [3.8, 4) is 6.07 Å². The molecule has 0 aliphatic carbocycles. The Balaban J connectivity index is 1.26. The Kier molecular flexibility index (Phi) is 6.37. The first kappa shape index (κ1) is 20.7. The highest BCUT2D eigenvalue weighted by atomic mass is 16.2. The lowest BCUT2D eigenvalue weighted by Crippen LogP contribution is -2.48. The molecule has 1 N–H and O–H groups in total. The van der Waals surface area contributed by atoms with Crippen molar-refractivity contribution in [1.29, 1.82) is 5.26 Å². The first-order valence-corrected chi connectivity index (χ1v) is 10.9. The second-order valence-electron chi connectivity index (χ2n) is 8.18. The fourth-order valence-corrected chi connectivity index (χ4v) is 4.21. The van der Waals surface area contributed by atoms with Crippen LogP contribution in [0.4, 0.5) is 10.5 Å². The van der Waals surface area contributed by atoms with Gasteiger partial charge in [0.05, 0.1) is 11.6 Å². The van der Waals surface area contributed by atoms with Gasteiger partial charge in [-0.15, -0.1) is 0 Å². The molecule has 0 spiro atoms. The van der Waals surface area contributed by atoms with Crippen molar-refractivity contribution < 1.29 is 4.79 Å². The van der Waals surface area contributed by atoms with E-state index in [1.165, 1.54) is 16.3 Å². The maximum Gasteiger partial charge on any atom is 0.317 e. The van der Waals surface area contributed by atoms with Crippen molar-refractivity contribution >= 4 is 22.5 Å². The van der Waals surface area contributed by atoms with E-state index in [2.05, 4.69) is 58.8 Å². The van der Waals surface area contributed by atoms with E-state index in [4.69, 9.17) is 5.26 Å². The molecule has 0 saturated carbocycles. The summed E-state index contributed by atoms with van der Waals surface area (Å²) in [7, 11) is 1.87. The molecule has 3 aromatic rings. The molecule has 1 heterocycles. The van der Waals surface area contributed by atoms with E-state index in [9.17, 15) is 4.79 Å². The normalized spacial score (nSPS) is 14.3. The highest BCUT2D eigenvalue weighted by molar-refractivity contribution is 5.85. The van der Waals surface area contributed by atoms with Gasteiger partial charge >= 0.3 is 6.03 Å². The fraction of sp³-hybridized carbons (Fsp3) is 0.308. The van der Waals surface area contributed by atoms with Gasteiger partial charge in [0.2, 0.25) is 0 Å². The van der Waals surface area contributed by atoms with Gasteiger partial charge in [0.25, 0.3) is 0 Å². The first-order valence-electron chi connectivity index (χ1n) is 10.9. The largest absolute Gasteiger partial charge is 0.371 e. The van der Waals surface area contributed by atoms with Crippen molar-refractivity contribution in [1.82, 2.24) is 10.2 Å². The van der Waals surface area contributed by atoms with Gasteiger partial charge in [-0.25, -0.2) is 4.79 Å². The van der Waals surface area contributed by atoms with Crippen LogP contribution in [0.3, 0.4) is 0 Å². The van der Waals surface area contributed by atoms with Gasteiger partial charge < -0.3 is 15.1 Å². The number of hydrogen-bond donors (Lipinski definition) is 1. The third-order valence-corrected chi connectivity index (χ3v) is 6.13. The minimum atomic E-state index is -0.00272. The van der Waals surface area contributed by atoms with Crippen molar-refractivity contribution in [2.24, 2.45) is 0 Å². The highest BCUT2D eigenvalue weighted by Gasteiger charge is 2.22. The molecule has 31 heavy (non-hydrogen) atoms. The number of nitrogens with one attached hydrogen (secondary N) is 1. The van der Waals surface area contributed by atoms with Gasteiger partial charge in [-0.3, -0.25) is 0 Å². The minimum Gasteiger partial charge on any atom is -0.371 e. The predicted molar refractivity (Wildman–Crippen MR) is 125 cm³/mol. The van der Waals surface area contributed by atoms with Crippen molar-refractivity contribution in [2.75, 3.05) is 31.6 Å². The molecule has 1 aliphatic rings. The Morgan fingerprint density at radius 3 is 2.52 bits per heavy atom. The smallest absolute Gasteiger partial charge is 0.317 e. The van der Waals surface area contributed by atoms with Gasteiger partial charge in [0.1, 0.15) is 0 Å². The Labute approximate surface area is 183 Å². The summed E-state index contributed by atoms with van der Waals surface area (Å²) >= 11 is 0. The van der Waals surface area contributed by atoms with Crippen molar-refractivity contribution in [3.63, 3.8) is 0 Å². The quantitative estimate of drug-likeness (QED) is 0.668. The molecule has 158 valence electrons. The van der Waals surface area contributed by atoms with Crippen LogP contribution in [-0.2, 0) is 6.42 Å². The topological polar surface area (TPSA) is 59.4 Å². The van der Waals surface area contributed by atoms with E-state index in [0.717, 1.165) is 38.0 Å². The molecule has 0 bridgehead atoms. The lowest BCUT2D eigenvalue weighted by atomic mass is 10.0. The molecule has 1 saturated heterocycles. The fourth-order valence-electron chi connectivity index (χ4n) is 4.21. The molecule has 1 fully saturated rings. The molecule has 0 radical (unpaired) electrons. The van der Waals surface area contributed by atoms with Gasteiger partial charge in [0.15, 0.2) is 0 Å². The lowest BCUT2D eigenvalue weighted by molar-refractivity contribution is 0.202. The lowest BCUT2D eigenvalue weighted by Gasteiger charge is -2.34. The molecule has 0 atom stereocenters. The Morgan fingerprint density at radius 1 is 1.06 bits per heavy atom. The summed E-state index contributed by atoms with van der Waals surface area (Å²) in [4.78, 5) is 16.8. The van der Waals surface area contributed by atoms with Crippen molar-refractivity contribution in [2.45, 2.75) is 25.3 Å². The number of rotatable bonds is 5. The van der Waals surface area contributed by atoms with Crippen LogP contribution >= 0.6 is 0 Å². The molecule has 1 aliphatic heterocycles. The third kappa shape index (κ3) is 4.97. The average Bonchev–Trinajstić information content (AvgIpc) is 2.83. The van der Waals surface area contributed by atoms with E-state index in [0.29, 0.717) is 12.1 Å². The van der Waals surface area contributed by atoms with E-state index in [1.54, 1.807) is 4.90 Å². The van der Waals surface area contributed by atoms with Crippen LogP contribution < -0.4 is 10.2 Å². The van der Waals surface area contributed by atoms with Crippen LogP contribution in [0.1, 0.15) is 24.0 Å². The Hall–Kier alpha value is -3.52. The number of likely N-dealkylation sites (N-methyl/N-ethyl adjacent to an activating group) is 1. The zero-order valence-electron chi connectivity index (χ0n) is 17.9. The number of benzene rings is 3. The van der Waals surface area contributed by atoms with Crippen LogP contribution in [0.15, 0.2) is 66.7 Å². The van der Waals surface area contributed by atoms with Crippen LogP contribution in [-0.4, -0.2) is 43.7 Å². The van der Waals surface area contributed by atoms with Gasteiger partial charge in [-0.1, -0.05) is 42.5 Å². The Morgan fingerprint density at radius 2 is 1.77 bits per heavy atom. The minimum absolute atomic E-state index is 0.00272. The molecule has 0 aromatic heterocycles. The van der Waals surface area contributed by atoms with Gasteiger partial charge in [-0.05, 0) is 59.9 Å². The summed E-state index contributed by atoms with van der Waals surface area (Å²) in [6, 6.07) is 24.8. The number of amides is 2. The number of carbonyl (C=O) groups is 1. The molecular weight excluding hydrogens is 384 g/mol. The number of nitrogens with zero attached hydrogens (tertiary/aromatic N) is 3. The number of nitriles is 1. The molecular formula is C26H28N4O. The van der Waals surface area contributed by atoms with E-state index >= 15 is 0 Å². The number of piperidine rings is 1. The number of urea groups is 1. The maximum atomic E-state index is 12.7. The molecule has 2 amide bonds. The van der Waals surface area contributed by atoms with E-state index in [1.807, 2.05) is 31.3 Å². The monoisotopic (exact) mass is 412 g/mol. The van der Waals surface area contributed by atoms with Crippen molar-refractivity contribution in [3.05, 3.63) is 77.9 Å². The molecule has 5 heteroatoms. The van der Waals surface area contributed by atoms with E-state index < -0.39 is 0 Å². The summed E-state index contributed by atoms with van der Waals surface area (Å²) in [6.45, 7) is 2.48. The third-order valence-electron chi connectivity index (χ3n) is 6.13. The summed E-state index contributed by atoms with van der Waals surface area (Å²) < 4.78 is 0. The van der Waals surface area contributed by atoms with Crippen LogP contribution in [0.25, 0.3) is 10.8 Å². The summed E-state index contributed by atoms with van der Waals surface area (Å²) in [5.74, 6) is 0. The van der Waals surface area contributed by atoms with Gasteiger partial charge in [0, 0.05) is 38.4 Å². The van der Waals surface area contributed by atoms with Gasteiger partial charge in [-0.2, -0.15) is 5.26 Å². The molecule has 0 unspecified atom stereocenters. The van der Waals surface area contributed by atoms with Crippen LogP contribution in [0, 0.1) is 11.3 Å². The highest BCUT2D eigenvalue weighted by Crippen LogP contribution is 2.21. The molecule has 4 rings (SSSR count). The van der Waals surface area contributed by atoms with Crippen LogP contribution in [0.2, 0.25) is 0 Å². The SMILES string of the molecule is CN(CCc1cccc2ccccc12)C(=O)NC1CCN(c2ccc(C#N)cc2)CC1. The summed E-state index contributed by atoms with van der Waals surface area (Å²) in [5, 5.41) is 14.6. The number of anilines is 1. The maximum absolute atomic E-state index is 12.7. The standard InChI is InChI=1S/C26H28N4O/c1-29(16-13-22-7-4-6-21-5-2-3-8-25(21)22)26(31)28-23-14-17-30(18-15-23)24-11-9-20(19-27)10-12-24/h2-12,23H,13-18H2,1H3,(H,28,31). The predicted octanol–water partition coefficient (Wildman–Crippen LogP) is 4.56. The number of fused-ring (bicyclic) bond motifs is 1. The first-order chi connectivity index (χ1) is 15.1. The number of carbonyl (C=O) groups excluding carboxylic acids is 1. The zero-order valence-corrected chi connectivity index (χ0v) is 17.9. The zero-order chi connectivity index (χ0) is 21.6. The van der Waals surface area contributed by atoms with E-state index in [-0.39, 0.29) is 12.1 Å². The summed E-state index contributed by atoms with van der Waals surface area (Å²) in [5.41, 5.74) is 3.09. The summed E-state index contributed by atoms with van der Waals surface area (Å²) in [6.07, 6.45) is 2.67. The van der Waals surface area contributed by atoms with Crippen LogP contribution in [0.5, 0.6) is 0 Å². The molecule has 5 nitrogen and oxygen atoms in total. The number of hydrogen-bond acceptors (Lipinski definition) is 3.